The van der Waals surface area contributed by atoms with Gasteiger partial charge < -0.3 is 14.5 Å². The minimum absolute atomic E-state index is 0.0442. The van der Waals surface area contributed by atoms with E-state index in [1.54, 1.807) is 13.1 Å². The maximum Gasteiger partial charge on any atom is 0.329 e. The molecule has 3 rings (SSSR count). The maximum atomic E-state index is 12.6. The highest BCUT2D eigenvalue weighted by Crippen LogP contribution is 2.34. The Hall–Kier alpha value is -2.37. The van der Waals surface area contributed by atoms with E-state index in [-0.39, 0.29) is 12.3 Å². The van der Waals surface area contributed by atoms with Gasteiger partial charge in [0.2, 0.25) is 5.91 Å². The van der Waals surface area contributed by atoms with Gasteiger partial charge >= 0.3 is 5.97 Å². The zero-order valence-corrected chi connectivity index (χ0v) is 13.1. The number of carbonyl (C=O) groups is 2. The van der Waals surface area contributed by atoms with Gasteiger partial charge in [0.1, 0.15) is 11.2 Å². The molecule has 1 aliphatic carbocycles. The molecule has 0 aliphatic heterocycles. The van der Waals surface area contributed by atoms with E-state index in [1.807, 2.05) is 18.2 Å². The highest BCUT2D eigenvalue weighted by atomic mass is 16.5. The van der Waals surface area contributed by atoms with Crippen LogP contribution in [0.15, 0.2) is 28.8 Å². The van der Waals surface area contributed by atoms with Gasteiger partial charge in [-0.05, 0) is 25.0 Å². The highest BCUT2D eigenvalue weighted by molar-refractivity contribution is 5.90. The molecule has 0 bridgehead atoms. The van der Waals surface area contributed by atoms with Crippen LogP contribution < -0.4 is 0 Å². The first-order chi connectivity index (χ1) is 11.0. The van der Waals surface area contributed by atoms with Crippen LogP contribution in [0.1, 0.15) is 37.8 Å². The molecule has 2 aromatic rings. The number of aliphatic carboxylic acids is 1. The minimum Gasteiger partial charge on any atom is -0.479 e. The molecule has 1 aromatic heterocycles. The first-order valence-corrected chi connectivity index (χ1v) is 7.88. The topological polar surface area (TPSA) is 83.6 Å². The van der Waals surface area contributed by atoms with E-state index >= 15 is 0 Å². The fourth-order valence-corrected chi connectivity index (χ4v) is 3.40. The van der Waals surface area contributed by atoms with Crippen molar-refractivity contribution in [2.75, 3.05) is 7.05 Å². The van der Waals surface area contributed by atoms with Crippen molar-refractivity contribution in [2.45, 2.75) is 44.1 Å². The molecule has 23 heavy (non-hydrogen) atoms. The van der Waals surface area contributed by atoms with Gasteiger partial charge in [0, 0.05) is 12.4 Å². The number of aromatic nitrogens is 1. The van der Waals surface area contributed by atoms with Gasteiger partial charge in [-0.1, -0.05) is 36.6 Å². The molecule has 0 spiro atoms. The average Bonchev–Trinajstić information content (AvgIpc) is 2.98. The van der Waals surface area contributed by atoms with Gasteiger partial charge in [-0.25, -0.2) is 4.79 Å². The summed E-state index contributed by atoms with van der Waals surface area (Å²) in [5.74, 6) is -1.16. The molecule has 0 unspecified atom stereocenters. The molecule has 122 valence electrons. The highest BCUT2D eigenvalue weighted by Gasteiger charge is 2.45. The normalized spacial score (nSPS) is 17.1. The molecule has 1 heterocycles. The Balaban J connectivity index is 1.83. The third-order valence-corrected chi connectivity index (χ3v) is 4.87. The Labute approximate surface area is 134 Å². The van der Waals surface area contributed by atoms with Crippen molar-refractivity contribution in [3.05, 3.63) is 30.0 Å². The van der Waals surface area contributed by atoms with Crippen LogP contribution in [0.25, 0.3) is 11.0 Å². The Morgan fingerprint density at radius 2 is 1.96 bits per heavy atom. The Morgan fingerprint density at radius 1 is 1.26 bits per heavy atom. The van der Waals surface area contributed by atoms with Crippen LogP contribution in [-0.4, -0.2) is 39.6 Å². The van der Waals surface area contributed by atoms with Gasteiger partial charge in [0.15, 0.2) is 5.58 Å². The molecule has 0 saturated heterocycles. The number of para-hydroxylation sites is 1. The molecule has 1 N–H and O–H groups in total. The van der Waals surface area contributed by atoms with Gasteiger partial charge in [0.25, 0.3) is 0 Å². The van der Waals surface area contributed by atoms with E-state index < -0.39 is 11.5 Å². The Bertz CT molecular complexity index is 731. The van der Waals surface area contributed by atoms with E-state index in [1.165, 1.54) is 4.90 Å². The zero-order valence-electron chi connectivity index (χ0n) is 13.1. The SMILES string of the molecule is CN(C(=O)Cc1noc2ccccc12)C1(C(=O)O)CCCCC1. The fourth-order valence-electron chi connectivity index (χ4n) is 3.40. The van der Waals surface area contributed by atoms with Crippen LogP contribution in [0.5, 0.6) is 0 Å². The van der Waals surface area contributed by atoms with E-state index in [0.717, 1.165) is 24.6 Å². The molecule has 6 nitrogen and oxygen atoms in total. The van der Waals surface area contributed by atoms with Gasteiger partial charge in [-0.3, -0.25) is 4.79 Å². The average molecular weight is 316 g/mol. The number of carbonyl (C=O) groups excluding carboxylic acids is 1. The molecule has 1 fully saturated rings. The van der Waals surface area contributed by atoms with Crippen molar-refractivity contribution in [1.29, 1.82) is 0 Å². The van der Waals surface area contributed by atoms with Crippen LogP contribution in [0.4, 0.5) is 0 Å². The van der Waals surface area contributed by atoms with Crippen LogP contribution in [0, 0.1) is 0 Å². The maximum absolute atomic E-state index is 12.6. The third-order valence-electron chi connectivity index (χ3n) is 4.87. The molecule has 1 aliphatic rings. The number of benzene rings is 1. The number of fused-ring (bicyclic) bond motifs is 1. The van der Waals surface area contributed by atoms with Gasteiger partial charge in [-0.15, -0.1) is 0 Å². The number of likely N-dealkylation sites (N-methyl/N-ethyl adjacent to an activating group) is 1. The summed E-state index contributed by atoms with van der Waals surface area (Å²) >= 11 is 0. The summed E-state index contributed by atoms with van der Waals surface area (Å²) in [5.41, 5.74) is 0.0897. The second-order valence-electron chi connectivity index (χ2n) is 6.15. The standard InChI is InChI=1S/C17H20N2O4/c1-19(17(16(21)22)9-5-2-6-10-17)15(20)11-13-12-7-3-4-8-14(12)23-18-13/h3-4,7-8H,2,5-6,9-11H2,1H3,(H,21,22). The summed E-state index contributed by atoms with van der Waals surface area (Å²) in [6.07, 6.45) is 3.73. The zero-order chi connectivity index (χ0) is 16.4. The lowest BCUT2D eigenvalue weighted by molar-refractivity contribution is -0.160. The summed E-state index contributed by atoms with van der Waals surface area (Å²) in [6.45, 7) is 0. The lowest BCUT2D eigenvalue weighted by atomic mass is 9.80. The van der Waals surface area contributed by atoms with Crippen molar-refractivity contribution in [3.63, 3.8) is 0 Å². The van der Waals surface area contributed by atoms with Crippen molar-refractivity contribution in [2.24, 2.45) is 0 Å². The second kappa shape index (κ2) is 6.02. The molecule has 1 saturated carbocycles. The van der Waals surface area contributed by atoms with Crippen LogP contribution in [-0.2, 0) is 16.0 Å². The largest absolute Gasteiger partial charge is 0.479 e. The van der Waals surface area contributed by atoms with Crippen molar-refractivity contribution < 1.29 is 19.2 Å². The van der Waals surface area contributed by atoms with E-state index in [2.05, 4.69) is 5.16 Å². The summed E-state index contributed by atoms with van der Waals surface area (Å²) in [4.78, 5) is 25.9. The molecular weight excluding hydrogens is 296 g/mol. The first kappa shape index (κ1) is 15.5. The molecule has 1 aromatic carbocycles. The predicted octanol–water partition coefficient (Wildman–Crippen LogP) is 2.62. The molecule has 0 radical (unpaired) electrons. The number of rotatable bonds is 4. The summed E-state index contributed by atoms with van der Waals surface area (Å²) in [5, 5.41) is 14.4. The first-order valence-electron chi connectivity index (χ1n) is 7.88. The Morgan fingerprint density at radius 3 is 2.65 bits per heavy atom. The minimum atomic E-state index is -1.09. The summed E-state index contributed by atoms with van der Waals surface area (Å²) < 4.78 is 5.21. The van der Waals surface area contributed by atoms with Crippen molar-refractivity contribution in [3.8, 4) is 0 Å². The van der Waals surface area contributed by atoms with Crippen molar-refractivity contribution >= 4 is 22.8 Å². The molecule has 0 atom stereocenters. The molecular formula is C17H20N2O4. The Kier molecular flexibility index (Phi) is 4.07. The van der Waals surface area contributed by atoms with E-state index in [0.29, 0.717) is 24.1 Å². The molecule has 1 amide bonds. The lowest BCUT2D eigenvalue weighted by Crippen LogP contribution is -2.56. The van der Waals surface area contributed by atoms with Crippen LogP contribution in [0.3, 0.4) is 0 Å². The van der Waals surface area contributed by atoms with E-state index in [9.17, 15) is 14.7 Å². The second-order valence-corrected chi connectivity index (χ2v) is 6.15. The van der Waals surface area contributed by atoms with Gasteiger partial charge in [0.05, 0.1) is 6.42 Å². The van der Waals surface area contributed by atoms with Crippen LogP contribution >= 0.6 is 0 Å². The predicted molar refractivity (Wildman–Crippen MR) is 83.9 cm³/mol. The number of hydrogen-bond donors (Lipinski definition) is 1. The molecule has 6 heteroatoms. The smallest absolute Gasteiger partial charge is 0.329 e. The summed E-state index contributed by atoms with van der Waals surface area (Å²) in [6, 6.07) is 7.34. The number of hydrogen-bond acceptors (Lipinski definition) is 4. The number of amides is 1. The van der Waals surface area contributed by atoms with E-state index in [4.69, 9.17) is 4.52 Å². The monoisotopic (exact) mass is 316 g/mol. The van der Waals surface area contributed by atoms with Gasteiger partial charge in [-0.2, -0.15) is 0 Å². The van der Waals surface area contributed by atoms with Crippen LogP contribution in [0.2, 0.25) is 0 Å². The quantitative estimate of drug-likeness (QED) is 0.937. The number of carboxylic acids is 1. The van der Waals surface area contributed by atoms with Crippen molar-refractivity contribution in [1.82, 2.24) is 10.1 Å². The fraction of sp³-hybridized carbons (Fsp3) is 0.471. The summed E-state index contributed by atoms with van der Waals surface area (Å²) in [7, 11) is 1.59. The number of nitrogens with zero attached hydrogens (tertiary/aromatic N) is 2. The number of carboxylic acid groups (broad SMARTS) is 1. The lowest BCUT2D eigenvalue weighted by Gasteiger charge is -2.41. The third kappa shape index (κ3) is 2.69.